The van der Waals surface area contributed by atoms with Crippen LogP contribution in [0.2, 0.25) is 0 Å². The fourth-order valence-corrected chi connectivity index (χ4v) is 3.04. The summed E-state index contributed by atoms with van der Waals surface area (Å²) in [5.74, 6) is 0.588. The van der Waals surface area contributed by atoms with E-state index in [-0.39, 0.29) is 11.3 Å². The van der Waals surface area contributed by atoms with Crippen LogP contribution in [0.25, 0.3) is 0 Å². The van der Waals surface area contributed by atoms with Gasteiger partial charge in [0, 0.05) is 37.0 Å². The number of rotatable bonds is 2. The number of nitriles is 1. The van der Waals surface area contributed by atoms with Gasteiger partial charge in [0.2, 0.25) is 0 Å². The Bertz CT molecular complexity index is 934. The van der Waals surface area contributed by atoms with E-state index in [2.05, 4.69) is 15.2 Å². The zero-order valence-corrected chi connectivity index (χ0v) is 15.1. The number of halogens is 3. The van der Waals surface area contributed by atoms with E-state index in [4.69, 9.17) is 5.26 Å². The zero-order valence-electron chi connectivity index (χ0n) is 15.1. The lowest BCUT2D eigenvalue weighted by atomic mass is 9.93. The SMILES string of the molecule is Cc1c(C#N)nnc(N2CCc3ncc(C(C)(O)C(F)(F)F)cc3C2)c1C. The van der Waals surface area contributed by atoms with Crippen molar-refractivity contribution < 1.29 is 18.3 Å². The Morgan fingerprint density at radius 1 is 1.22 bits per heavy atom. The van der Waals surface area contributed by atoms with Gasteiger partial charge in [-0.1, -0.05) is 0 Å². The normalized spacial score (nSPS) is 16.4. The third-order valence-electron chi connectivity index (χ3n) is 5.06. The van der Waals surface area contributed by atoms with Gasteiger partial charge in [0.25, 0.3) is 0 Å². The number of anilines is 1. The molecule has 0 radical (unpaired) electrons. The molecule has 2 aromatic heterocycles. The highest BCUT2D eigenvalue weighted by Crippen LogP contribution is 2.39. The first-order valence-corrected chi connectivity index (χ1v) is 8.32. The Morgan fingerprint density at radius 3 is 2.56 bits per heavy atom. The second-order valence-corrected chi connectivity index (χ2v) is 6.81. The van der Waals surface area contributed by atoms with Crippen LogP contribution in [0.15, 0.2) is 12.3 Å². The van der Waals surface area contributed by atoms with E-state index in [1.165, 1.54) is 6.07 Å². The van der Waals surface area contributed by atoms with Crippen molar-refractivity contribution in [3.63, 3.8) is 0 Å². The van der Waals surface area contributed by atoms with Gasteiger partial charge in [-0.15, -0.1) is 10.2 Å². The molecule has 6 nitrogen and oxygen atoms in total. The summed E-state index contributed by atoms with van der Waals surface area (Å²) in [6, 6.07) is 3.33. The van der Waals surface area contributed by atoms with Crippen molar-refractivity contribution in [2.24, 2.45) is 0 Å². The molecule has 1 unspecified atom stereocenters. The van der Waals surface area contributed by atoms with Crippen LogP contribution in [0.4, 0.5) is 19.0 Å². The van der Waals surface area contributed by atoms with Gasteiger partial charge in [-0.2, -0.15) is 18.4 Å². The molecule has 0 saturated carbocycles. The lowest BCUT2D eigenvalue weighted by Gasteiger charge is -2.32. The number of pyridine rings is 1. The molecule has 142 valence electrons. The van der Waals surface area contributed by atoms with Gasteiger partial charge >= 0.3 is 6.18 Å². The molecule has 2 aromatic rings. The number of hydrogen-bond acceptors (Lipinski definition) is 6. The Labute approximate surface area is 154 Å². The molecule has 3 rings (SSSR count). The van der Waals surface area contributed by atoms with E-state index >= 15 is 0 Å². The van der Waals surface area contributed by atoms with E-state index in [0.29, 0.717) is 36.6 Å². The maximum atomic E-state index is 13.1. The lowest BCUT2D eigenvalue weighted by molar-refractivity contribution is -0.259. The third kappa shape index (κ3) is 3.21. The Morgan fingerprint density at radius 2 is 1.93 bits per heavy atom. The molecule has 0 fully saturated rings. The van der Waals surface area contributed by atoms with E-state index in [9.17, 15) is 18.3 Å². The van der Waals surface area contributed by atoms with Crippen LogP contribution >= 0.6 is 0 Å². The molecular formula is C18H18F3N5O. The van der Waals surface area contributed by atoms with Crippen LogP contribution in [0.5, 0.6) is 0 Å². The Kier molecular flexibility index (Phi) is 4.56. The summed E-state index contributed by atoms with van der Waals surface area (Å²) in [5, 5.41) is 27.0. The van der Waals surface area contributed by atoms with Crippen LogP contribution in [-0.4, -0.2) is 33.0 Å². The smallest absolute Gasteiger partial charge is 0.376 e. The summed E-state index contributed by atoms with van der Waals surface area (Å²) in [4.78, 5) is 6.02. The lowest BCUT2D eigenvalue weighted by Crippen LogP contribution is -2.40. The maximum absolute atomic E-state index is 13.1. The fraction of sp³-hybridized carbons (Fsp3) is 0.444. The van der Waals surface area contributed by atoms with Crippen molar-refractivity contribution in [2.45, 2.75) is 45.5 Å². The summed E-state index contributed by atoms with van der Waals surface area (Å²) in [6.45, 7) is 5.21. The quantitative estimate of drug-likeness (QED) is 0.866. The minimum Gasteiger partial charge on any atom is -0.376 e. The topological polar surface area (TPSA) is 85.9 Å². The van der Waals surface area contributed by atoms with Gasteiger partial charge in [-0.25, -0.2) is 0 Å². The molecule has 9 heteroatoms. The summed E-state index contributed by atoms with van der Waals surface area (Å²) < 4.78 is 39.4. The molecule has 0 aromatic carbocycles. The average molecular weight is 377 g/mol. The van der Waals surface area contributed by atoms with Crippen molar-refractivity contribution >= 4 is 5.82 Å². The highest BCUT2D eigenvalue weighted by molar-refractivity contribution is 5.53. The number of alkyl halides is 3. The van der Waals surface area contributed by atoms with Gasteiger partial charge in [-0.05, 0) is 43.5 Å². The number of fused-ring (bicyclic) bond motifs is 1. The van der Waals surface area contributed by atoms with E-state index < -0.39 is 11.8 Å². The molecule has 0 amide bonds. The summed E-state index contributed by atoms with van der Waals surface area (Å²) in [6.07, 6.45) is -3.19. The van der Waals surface area contributed by atoms with Crippen LogP contribution in [-0.2, 0) is 18.6 Å². The maximum Gasteiger partial charge on any atom is 0.421 e. The summed E-state index contributed by atoms with van der Waals surface area (Å²) in [5.41, 5.74) is -0.196. The number of hydrogen-bond donors (Lipinski definition) is 1. The minimum atomic E-state index is -4.80. The van der Waals surface area contributed by atoms with Crippen molar-refractivity contribution in [2.75, 3.05) is 11.4 Å². The number of aliphatic hydroxyl groups is 1. The zero-order chi connectivity index (χ0) is 20.0. The summed E-state index contributed by atoms with van der Waals surface area (Å²) in [7, 11) is 0. The fourth-order valence-electron chi connectivity index (χ4n) is 3.04. The first-order chi connectivity index (χ1) is 12.6. The monoisotopic (exact) mass is 377 g/mol. The molecule has 0 aliphatic carbocycles. The van der Waals surface area contributed by atoms with Crippen molar-refractivity contribution in [3.8, 4) is 6.07 Å². The minimum absolute atomic E-state index is 0.249. The van der Waals surface area contributed by atoms with Gasteiger partial charge in [0.15, 0.2) is 17.1 Å². The van der Waals surface area contributed by atoms with E-state index in [0.717, 1.165) is 24.2 Å². The molecule has 1 N–H and O–H groups in total. The number of nitrogens with zero attached hydrogens (tertiary/aromatic N) is 5. The Hall–Kier alpha value is -2.73. The first kappa shape index (κ1) is 19.0. The highest BCUT2D eigenvalue weighted by atomic mass is 19.4. The Balaban J connectivity index is 1.96. The van der Waals surface area contributed by atoms with E-state index in [1.54, 1.807) is 6.92 Å². The molecule has 0 bridgehead atoms. The van der Waals surface area contributed by atoms with Crippen LogP contribution < -0.4 is 4.90 Å². The molecule has 1 atom stereocenters. The molecule has 0 saturated heterocycles. The van der Waals surface area contributed by atoms with Crippen LogP contribution in [0.3, 0.4) is 0 Å². The van der Waals surface area contributed by atoms with Crippen LogP contribution in [0, 0.1) is 25.2 Å². The van der Waals surface area contributed by atoms with Crippen LogP contribution in [0.1, 0.15) is 40.6 Å². The standard InChI is InChI=1S/C18H18F3N5O/c1-10-11(2)16(25-24-15(10)7-22)26-5-4-14-12(9-26)6-13(8-23-14)17(3,27)18(19,20)21/h6,8,27H,4-5,9H2,1-3H3. The molecule has 1 aliphatic heterocycles. The summed E-state index contributed by atoms with van der Waals surface area (Å²) >= 11 is 0. The van der Waals surface area contributed by atoms with Gasteiger partial charge < -0.3 is 10.0 Å². The van der Waals surface area contributed by atoms with Gasteiger partial charge in [0.05, 0.1) is 0 Å². The van der Waals surface area contributed by atoms with Crippen molar-refractivity contribution in [1.82, 2.24) is 15.2 Å². The number of aromatic nitrogens is 3. The average Bonchev–Trinajstić information content (AvgIpc) is 2.62. The predicted octanol–water partition coefficient (Wildman–Crippen LogP) is 2.69. The first-order valence-electron chi connectivity index (χ1n) is 8.32. The third-order valence-corrected chi connectivity index (χ3v) is 5.06. The molecule has 3 heterocycles. The largest absolute Gasteiger partial charge is 0.421 e. The second kappa shape index (κ2) is 6.46. The predicted molar refractivity (Wildman–Crippen MR) is 90.8 cm³/mol. The van der Waals surface area contributed by atoms with Gasteiger partial charge in [0.1, 0.15) is 6.07 Å². The molecular weight excluding hydrogens is 359 g/mol. The molecule has 0 spiro atoms. The van der Waals surface area contributed by atoms with Crippen molar-refractivity contribution in [3.05, 3.63) is 45.9 Å². The van der Waals surface area contributed by atoms with Crippen molar-refractivity contribution in [1.29, 1.82) is 5.26 Å². The molecule has 1 aliphatic rings. The highest BCUT2D eigenvalue weighted by Gasteiger charge is 2.51. The van der Waals surface area contributed by atoms with E-state index in [1.807, 2.05) is 17.9 Å². The van der Waals surface area contributed by atoms with Gasteiger partial charge in [-0.3, -0.25) is 4.98 Å². The molecule has 27 heavy (non-hydrogen) atoms. The second-order valence-electron chi connectivity index (χ2n) is 6.81.